The molecule has 26 heavy (non-hydrogen) atoms. The summed E-state index contributed by atoms with van der Waals surface area (Å²) >= 11 is 0. The third-order valence-electron chi connectivity index (χ3n) is 3.91. The van der Waals surface area contributed by atoms with Crippen LogP contribution in [0.5, 0.6) is 0 Å². The topological polar surface area (TPSA) is 70.6 Å². The molecule has 0 aliphatic heterocycles. The molecule has 0 saturated heterocycles. The molecule has 0 saturated carbocycles. The third kappa shape index (κ3) is 4.33. The lowest BCUT2D eigenvalue weighted by Crippen LogP contribution is -2.34. The lowest BCUT2D eigenvalue weighted by molar-refractivity contribution is -0.120. The van der Waals surface area contributed by atoms with E-state index in [0.717, 1.165) is 21.9 Å². The Morgan fingerprint density at radius 3 is 2.62 bits per heavy atom. The van der Waals surface area contributed by atoms with E-state index in [1.165, 1.54) is 0 Å². The molecule has 0 aromatic heterocycles. The minimum Gasteiger partial charge on any atom is -0.343 e. The Labute approximate surface area is 151 Å². The van der Waals surface area contributed by atoms with Gasteiger partial charge in [-0.15, -0.1) is 0 Å². The number of fused-ring (bicyclic) bond motifs is 1. The quantitative estimate of drug-likeness (QED) is 0.551. The molecule has 5 heteroatoms. The van der Waals surface area contributed by atoms with Crippen LogP contribution in [0.15, 0.2) is 71.8 Å². The maximum Gasteiger partial charge on any atom is 0.259 e. The van der Waals surface area contributed by atoms with Crippen LogP contribution in [0.4, 0.5) is 0 Å². The molecule has 0 unspecified atom stereocenters. The van der Waals surface area contributed by atoms with E-state index < -0.39 is 0 Å². The van der Waals surface area contributed by atoms with Crippen LogP contribution in [0.25, 0.3) is 10.8 Å². The van der Waals surface area contributed by atoms with Crippen LogP contribution < -0.4 is 10.7 Å². The van der Waals surface area contributed by atoms with Crippen LogP contribution in [0.2, 0.25) is 0 Å². The molecule has 0 aliphatic carbocycles. The maximum absolute atomic E-state index is 12.0. The number of carbonyl (C=O) groups is 2. The Kier molecular flexibility index (Phi) is 5.39. The van der Waals surface area contributed by atoms with Gasteiger partial charge in [-0.3, -0.25) is 9.59 Å². The minimum absolute atomic E-state index is 0.139. The Balaban J connectivity index is 1.55. The van der Waals surface area contributed by atoms with Crippen molar-refractivity contribution in [2.45, 2.75) is 6.92 Å². The van der Waals surface area contributed by atoms with Crippen molar-refractivity contribution in [1.82, 2.24) is 10.7 Å². The Hall–Kier alpha value is -3.47. The molecule has 3 aromatic carbocycles. The molecule has 2 N–H and O–H groups in total. The molecule has 2 amide bonds. The fourth-order valence-electron chi connectivity index (χ4n) is 2.63. The predicted octanol–water partition coefficient (Wildman–Crippen LogP) is 3.03. The van der Waals surface area contributed by atoms with Gasteiger partial charge in [0.2, 0.25) is 0 Å². The van der Waals surface area contributed by atoms with Crippen LogP contribution in [0.1, 0.15) is 21.5 Å². The van der Waals surface area contributed by atoms with Gasteiger partial charge in [-0.1, -0.05) is 60.2 Å². The average Bonchev–Trinajstić information content (AvgIpc) is 2.66. The molecule has 0 atom stereocenters. The van der Waals surface area contributed by atoms with E-state index in [-0.39, 0.29) is 18.4 Å². The second kappa shape index (κ2) is 8.07. The van der Waals surface area contributed by atoms with Crippen molar-refractivity contribution in [1.29, 1.82) is 0 Å². The molecular weight excluding hydrogens is 326 g/mol. The van der Waals surface area contributed by atoms with Crippen molar-refractivity contribution >= 4 is 28.8 Å². The summed E-state index contributed by atoms with van der Waals surface area (Å²) in [6.45, 7) is 1.77. The number of rotatable bonds is 5. The van der Waals surface area contributed by atoms with Gasteiger partial charge in [0.05, 0.1) is 12.8 Å². The molecular formula is C21H19N3O2. The van der Waals surface area contributed by atoms with Crippen molar-refractivity contribution in [2.24, 2.45) is 5.10 Å². The van der Waals surface area contributed by atoms with Crippen molar-refractivity contribution in [3.05, 3.63) is 83.4 Å². The average molecular weight is 345 g/mol. The molecule has 0 fully saturated rings. The SMILES string of the molecule is Cc1cccc(C(=O)NCC(=O)NN=Cc2cccc3ccccc23)c1. The van der Waals surface area contributed by atoms with Gasteiger partial charge in [-0.25, -0.2) is 5.43 Å². The van der Waals surface area contributed by atoms with Crippen molar-refractivity contribution in [3.63, 3.8) is 0 Å². The number of hydrogen-bond donors (Lipinski definition) is 2. The summed E-state index contributed by atoms with van der Waals surface area (Å²) in [4.78, 5) is 23.9. The van der Waals surface area contributed by atoms with Gasteiger partial charge in [-0.2, -0.15) is 5.10 Å². The molecule has 3 aromatic rings. The van der Waals surface area contributed by atoms with Gasteiger partial charge >= 0.3 is 0 Å². The second-order valence-corrected chi connectivity index (χ2v) is 5.91. The summed E-state index contributed by atoms with van der Waals surface area (Å²) in [5.74, 6) is -0.677. The summed E-state index contributed by atoms with van der Waals surface area (Å²) in [5.41, 5.74) is 4.85. The smallest absolute Gasteiger partial charge is 0.259 e. The van der Waals surface area contributed by atoms with Crippen LogP contribution in [-0.2, 0) is 4.79 Å². The first-order valence-corrected chi connectivity index (χ1v) is 8.28. The zero-order valence-corrected chi connectivity index (χ0v) is 14.4. The normalized spacial score (nSPS) is 10.8. The highest BCUT2D eigenvalue weighted by Gasteiger charge is 2.07. The monoisotopic (exact) mass is 345 g/mol. The van der Waals surface area contributed by atoms with Crippen molar-refractivity contribution in [3.8, 4) is 0 Å². The molecule has 130 valence electrons. The number of amides is 2. The standard InChI is InChI=1S/C21H19N3O2/c1-15-6-4-9-17(12-15)21(26)22-14-20(25)24-23-13-18-10-5-8-16-7-2-3-11-19(16)18/h2-13H,14H2,1H3,(H,22,26)(H,24,25). The number of benzene rings is 3. The van der Waals surface area contributed by atoms with Gasteiger partial charge in [0.1, 0.15) is 0 Å². The van der Waals surface area contributed by atoms with Gasteiger partial charge in [0.15, 0.2) is 0 Å². The van der Waals surface area contributed by atoms with Crippen molar-refractivity contribution in [2.75, 3.05) is 6.54 Å². The summed E-state index contributed by atoms with van der Waals surface area (Å²) in [5, 5.41) is 8.72. The number of hydrogen-bond acceptors (Lipinski definition) is 3. The largest absolute Gasteiger partial charge is 0.343 e. The summed E-state index contributed by atoms with van der Waals surface area (Å²) in [7, 11) is 0. The molecule has 0 heterocycles. The zero-order valence-electron chi connectivity index (χ0n) is 14.4. The van der Waals surface area contributed by atoms with Gasteiger partial charge < -0.3 is 5.32 Å². The van der Waals surface area contributed by atoms with E-state index in [1.807, 2.05) is 55.5 Å². The van der Waals surface area contributed by atoms with E-state index in [0.29, 0.717) is 5.56 Å². The fourth-order valence-corrected chi connectivity index (χ4v) is 2.63. The zero-order chi connectivity index (χ0) is 18.4. The van der Waals surface area contributed by atoms with E-state index >= 15 is 0 Å². The third-order valence-corrected chi connectivity index (χ3v) is 3.91. The summed E-state index contributed by atoms with van der Waals surface area (Å²) < 4.78 is 0. The summed E-state index contributed by atoms with van der Waals surface area (Å²) in [6, 6.07) is 21.0. The second-order valence-electron chi connectivity index (χ2n) is 5.91. The Bertz CT molecular complexity index is 974. The number of nitrogens with one attached hydrogen (secondary N) is 2. The Morgan fingerprint density at radius 2 is 1.77 bits per heavy atom. The number of hydrazone groups is 1. The highest BCUT2D eigenvalue weighted by atomic mass is 16.2. The first-order valence-electron chi connectivity index (χ1n) is 8.28. The fraction of sp³-hybridized carbons (Fsp3) is 0.0952. The van der Waals surface area contributed by atoms with Gasteiger partial charge in [-0.05, 0) is 29.8 Å². The number of carbonyl (C=O) groups excluding carboxylic acids is 2. The van der Waals surface area contributed by atoms with Crippen LogP contribution >= 0.6 is 0 Å². The molecule has 0 spiro atoms. The first-order chi connectivity index (χ1) is 12.6. The van der Waals surface area contributed by atoms with E-state index in [1.54, 1.807) is 24.4 Å². The Morgan fingerprint density at radius 1 is 1.00 bits per heavy atom. The predicted molar refractivity (Wildman–Crippen MR) is 103 cm³/mol. The van der Waals surface area contributed by atoms with Gasteiger partial charge in [0, 0.05) is 11.1 Å². The van der Waals surface area contributed by atoms with Crippen molar-refractivity contribution < 1.29 is 9.59 Å². The first kappa shape index (κ1) is 17.4. The van der Waals surface area contributed by atoms with Crippen LogP contribution in [-0.4, -0.2) is 24.6 Å². The van der Waals surface area contributed by atoms with Crippen LogP contribution in [0.3, 0.4) is 0 Å². The highest BCUT2D eigenvalue weighted by molar-refractivity contribution is 6.00. The molecule has 0 bridgehead atoms. The van der Waals surface area contributed by atoms with Crippen LogP contribution in [0, 0.1) is 6.92 Å². The van der Waals surface area contributed by atoms with E-state index in [4.69, 9.17) is 0 Å². The molecule has 5 nitrogen and oxygen atoms in total. The molecule has 3 rings (SSSR count). The van der Waals surface area contributed by atoms with Gasteiger partial charge in [0.25, 0.3) is 11.8 Å². The van der Waals surface area contributed by atoms with E-state index in [9.17, 15) is 9.59 Å². The minimum atomic E-state index is -0.387. The number of nitrogens with zero attached hydrogens (tertiary/aromatic N) is 1. The lowest BCUT2D eigenvalue weighted by atomic mass is 10.1. The number of aryl methyl sites for hydroxylation is 1. The highest BCUT2D eigenvalue weighted by Crippen LogP contribution is 2.16. The summed E-state index contributed by atoms with van der Waals surface area (Å²) in [6.07, 6.45) is 1.60. The lowest BCUT2D eigenvalue weighted by Gasteiger charge is -2.05. The van der Waals surface area contributed by atoms with E-state index in [2.05, 4.69) is 15.8 Å². The molecule has 0 radical (unpaired) electrons. The maximum atomic E-state index is 12.0. The molecule has 0 aliphatic rings.